The van der Waals surface area contributed by atoms with Gasteiger partial charge in [-0.3, -0.25) is 4.79 Å². The minimum Gasteiger partial charge on any atom is -0.375 e. The van der Waals surface area contributed by atoms with Gasteiger partial charge in [0.15, 0.2) is 5.13 Å². The fraction of sp³-hybridized carbons (Fsp3) is 0.714. The van der Waals surface area contributed by atoms with Crippen molar-refractivity contribution in [2.45, 2.75) is 32.1 Å². The van der Waals surface area contributed by atoms with Crippen molar-refractivity contribution in [1.82, 2.24) is 14.8 Å². The standard InChI is InChI=1S/C14H24N4OS/c1-17(9-10-18-7-3-2-4-8-18)13(19)6-5-12-11-20-14(15)16-12/h11H,2-10H2,1H3,(H2,15,16). The van der Waals surface area contributed by atoms with Crippen molar-refractivity contribution >= 4 is 22.4 Å². The maximum absolute atomic E-state index is 12.0. The summed E-state index contributed by atoms with van der Waals surface area (Å²) in [5.41, 5.74) is 6.50. The van der Waals surface area contributed by atoms with Gasteiger partial charge in [0.2, 0.25) is 5.91 Å². The van der Waals surface area contributed by atoms with Crippen LogP contribution in [0.4, 0.5) is 5.13 Å². The Hall–Kier alpha value is -1.14. The molecule has 2 rings (SSSR count). The van der Waals surface area contributed by atoms with Gasteiger partial charge in [-0.1, -0.05) is 6.42 Å². The highest BCUT2D eigenvalue weighted by atomic mass is 32.1. The van der Waals surface area contributed by atoms with Crippen molar-refractivity contribution in [3.63, 3.8) is 0 Å². The number of carbonyl (C=O) groups is 1. The Bertz CT molecular complexity index is 429. The van der Waals surface area contributed by atoms with Crippen LogP contribution in [0, 0.1) is 0 Å². The lowest BCUT2D eigenvalue weighted by molar-refractivity contribution is -0.130. The molecular formula is C14H24N4OS. The number of likely N-dealkylation sites (tertiary alicyclic amines) is 1. The molecule has 1 aromatic rings. The molecule has 2 heterocycles. The predicted octanol–water partition coefficient (Wildman–Crippen LogP) is 1.60. The van der Waals surface area contributed by atoms with E-state index in [4.69, 9.17) is 5.73 Å². The minimum atomic E-state index is 0.189. The molecule has 0 spiro atoms. The lowest BCUT2D eigenvalue weighted by Gasteiger charge is -2.28. The van der Waals surface area contributed by atoms with Crippen LogP contribution in [-0.4, -0.2) is 53.9 Å². The first-order valence-electron chi connectivity index (χ1n) is 7.31. The summed E-state index contributed by atoms with van der Waals surface area (Å²) in [6.45, 7) is 4.17. The van der Waals surface area contributed by atoms with Gasteiger partial charge in [0.05, 0.1) is 5.69 Å². The van der Waals surface area contributed by atoms with Crippen molar-refractivity contribution in [2.24, 2.45) is 0 Å². The Morgan fingerprint density at radius 1 is 1.45 bits per heavy atom. The first-order valence-corrected chi connectivity index (χ1v) is 8.19. The number of aromatic nitrogens is 1. The van der Waals surface area contributed by atoms with Crippen LogP contribution in [0.5, 0.6) is 0 Å². The molecule has 0 unspecified atom stereocenters. The second kappa shape index (κ2) is 7.59. The van der Waals surface area contributed by atoms with Crippen molar-refractivity contribution in [3.05, 3.63) is 11.1 Å². The number of nitrogens with two attached hydrogens (primary N) is 1. The number of amides is 1. The minimum absolute atomic E-state index is 0.189. The molecule has 2 N–H and O–H groups in total. The van der Waals surface area contributed by atoms with Gasteiger partial charge in [0, 0.05) is 31.9 Å². The quantitative estimate of drug-likeness (QED) is 0.866. The number of piperidine rings is 1. The van der Waals surface area contributed by atoms with E-state index >= 15 is 0 Å². The molecule has 1 saturated heterocycles. The van der Waals surface area contributed by atoms with Crippen molar-refractivity contribution < 1.29 is 4.79 Å². The Balaban J connectivity index is 1.66. The Morgan fingerprint density at radius 3 is 2.85 bits per heavy atom. The number of likely N-dealkylation sites (N-methyl/N-ethyl adjacent to an activating group) is 1. The van der Waals surface area contributed by atoms with Gasteiger partial charge in [-0.05, 0) is 32.4 Å². The number of aryl methyl sites for hydroxylation is 1. The summed E-state index contributed by atoms with van der Waals surface area (Å²) < 4.78 is 0. The van der Waals surface area contributed by atoms with Crippen LogP contribution in [0.25, 0.3) is 0 Å². The molecule has 1 aliphatic rings. The normalized spacial score (nSPS) is 16.2. The van der Waals surface area contributed by atoms with E-state index in [1.165, 1.54) is 43.7 Å². The molecule has 1 aromatic heterocycles. The summed E-state index contributed by atoms with van der Waals surface area (Å²) >= 11 is 1.43. The molecular weight excluding hydrogens is 272 g/mol. The van der Waals surface area contributed by atoms with Gasteiger partial charge < -0.3 is 15.5 Å². The summed E-state index contributed by atoms with van der Waals surface area (Å²) in [6.07, 6.45) is 5.13. The number of hydrogen-bond donors (Lipinski definition) is 1. The zero-order valence-electron chi connectivity index (χ0n) is 12.2. The first kappa shape index (κ1) is 15.3. The van der Waals surface area contributed by atoms with E-state index in [-0.39, 0.29) is 5.91 Å². The maximum Gasteiger partial charge on any atom is 0.222 e. The molecule has 5 nitrogen and oxygen atoms in total. The number of nitrogens with zero attached hydrogens (tertiary/aromatic N) is 3. The Kier molecular flexibility index (Phi) is 5.79. The Labute approximate surface area is 124 Å². The second-order valence-electron chi connectivity index (χ2n) is 5.39. The third-order valence-corrected chi connectivity index (χ3v) is 4.51. The number of rotatable bonds is 6. The maximum atomic E-state index is 12.0. The van der Waals surface area contributed by atoms with Crippen molar-refractivity contribution in [1.29, 1.82) is 0 Å². The largest absolute Gasteiger partial charge is 0.375 e. The van der Waals surface area contributed by atoms with Crippen molar-refractivity contribution in [3.8, 4) is 0 Å². The van der Waals surface area contributed by atoms with E-state index in [2.05, 4.69) is 9.88 Å². The zero-order valence-corrected chi connectivity index (χ0v) is 13.0. The molecule has 6 heteroatoms. The van der Waals surface area contributed by atoms with E-state index in [9.17, 15) is 4.79 Å². The van der Waals surface area contributed by atoms with Gasteiger partial charge in [0.25, 0.3) is 0 Å². The molecule has 1 amide bonds. The average molecular weight is 296 g/mol. The zero-order chi connectivity index (χ0) is 14.4. The monoisotopic (exact) mass is 296 g/mol. The van der Waals surface area contributed by atoms with Crippen LogP contribution in [0.15, 0.2) is 5.38 Å². The number of anilines is 1. The first-order chi connectivity index (χ1) is 9.65. The topological polar surface area (TPSA) is 62.5 Å². The summed E-state index contributed by atoms with van der Waals surface area (Å²) in [6, 6.07) is 0. The van der Waals surface area contributed by atoms with Crippen LogP contribution in [0.1, 0.15) is 31.4 Å². The summed E-state index contributed by atoms with van der Waals surface area (Å²) in [7, 11) is 1.89. The highest BCUT2D eigenvalue weighted by molar-refractivity contribution is 7.13. The van der Waals surface area contributed by atoms with Gasteiger partial charge in [-0.15, -0.1) is 11.3 Å². The molecule has 0 saturated carbocycles. The summed E-state index contributed by atoms with van der Waals surface area (Å²) in [4.78, 5) is 20.5. The van der Waals surface area contributed by atoms with Crippen LogP contribution in [0.3, 0.4) is 0 Å². The summed E-state index contributed by atoms with van der Waals surface area (Å²) in [5.74, 6) is 0.189. The number of nitrogen functional groups attached to an aromatic ring is 1. The summed E-state index contributed by atoms with van der Waals surface area (Å²) in [5, 5.41) is 2.50. The molecule has 20 heavy (non-hydrogen) atoms. The molecule has 0 atom stereocenters. The third kappa shape index (κ3) is 4.76. The lowest BCUT2D eigenvalue weighted by atomic mass is 10.1. The van der Waals surface area contributed by atoms with Crippen LogP contribution in [-0.2, 0) is 11.2 Å². The third-order valence-electron chi connectivity index (χ3n) is 3.79. The molecule has 0 aliphatic carbocycles. The van der Waals surface area contributed by atoms with E-state index in [0.29, 0.717) is 18.0 Å². The van der Waals surface area contributed by atoms with Crippen molar-refractivity contribution in [2.75, 3.05) is 39.0 Å². The molecule has 0 aromatic carbocycles. The second-order valence-corrected chi connectivity index (χ2v) is 6.28. The average Bonchev–Trinajstić information content (AvgIpc) is 2.89. The van der Waals surface area contributed by atoms with E-state index in [0.717, 1.165) is 18.8 Å². The van der Waals surface area contributed by atoms with Crippen LogP contribution in [0.2, 0.25) is 0 Å². The number of hydrogen-bond acceptors (Lipinski definition) is 5. The molecule has 1 aliphatic heterocycles. The number of thiazole rings is 1. The SMILES string of the molecule is CN(CCN1CCCCC1)C(=O)CCc1csc(N)n1. The molecule has 112 valence electrons. The molecule has 0 bridgehead atoms. The predicted molar refractivity (Wildman–Crippen MR) is 82.8 cm³/mol. The Morgan fingerprint density at radius 2 is 2.20 bits per heavy atom. The smallest absolute Gasteiger partial charge is 0.222 e. The molecule has 0 radical (unpaired) electrons. The fourth-order valence-corrected chi connectivity index (χ4v) is 3.06. The van der Waals surface area contributed by atoms with E-state index in [1.807, 2.05) is 17.3 Å². The van der Waals surface area contributed by atoms with Crippen LogP contribution < -0.4 is 5.73 Å². The van der Waals surface area contributed by atoms with Gasteiger partial charge in [-0.25, -0.2) is 4.98 Å². The van der Waals surface area contributed by atoms with Gasteiger partial charge in [-0.2, -0.15) is 0 Å². The highest BCUT2D eigenvalue weighted by Crippen LogP contribution is 2.13. The highest BCUT2D eigenvalue weighted by Gasteiger charge is 2.13. The van der Waals surface area contributed by atoms with Gasteiger partial charge in [0.1, 0.15) is 0 Å². The fourth-order valence-electron chi connectivity index (χ4n) is 2.46. The van der Waals surface area contributed by atoms with Gasteiger partial charge >= 0.3 is 0 Å². The van der Waals surface area contributed by atoms with E-state index in [1.54, 1.807) is 0 Å². The van der Waals surface area contributed by atoms with Crippen LogP contribution >= 0.6 is 11.3 Å². The molecule has 1 fully saturated rings. The number of carbonyl (C=O) groups excluding carboxylic acids is 1. The van der Waals surface area contributed by atoms with E-state index < -0.39 is 0 Å². The lowest BCUT2D eigenvalue weighted by Crippen LogP contribution is -2.38.